The number of hydrogen-bond acceptors (Lipinski definition) is 4. The van der Waals surface area contributed by atoms with Crippen molar-refractivity contribution in [3.05, 3.63) is 18.1 Å². The molecule has 1 aromatic heterocycles. The lowest BCUT2D eigenvalue weighted by Crippen LogP contribution is -2.41. The highest BCUT2D eigenvalue weighted by Gasteiger charge is 2.22. The largest absolute Gasteiger partial charge is 0.353 e. The molecule has 19 heavy (non-hydrogen) atoms. The van der Waals surface area contributed by atoms with Crippen LogP contribution in [0.4, 0.5) is 5.82 Å². The highest BCUT2D eigenvalue weighted by atomic mass is 15.2. The fraction of sp³-hybridized carbons (Fsp3) is 0.733. The van der Waals surface area contributed by atoms with Gasteiger partial charge in [0.25, 0.3) is 0 Å². The van der Waals surface area contributed by atoms with E-state index in [0.717, 1.165) is 24.5 Å². The van der Waals surface area contributed by atoms with E-state index in [-0.39, 0.29) is 11.1 Å². The Bertz CT molecular complexity index is 407. The van der Waals surface area contributed by atoms with Gasteiger partial charge in [-0.1, -0.05) is 6.92 Å². The molecule has 0 aliphatic rings. The molecule has 0 spiro atoms. The van der Waals surface area contributed by atoms with Gasteiger partial charge < -0.3 is 10.2 Å². The van der Waals surface area contributed by atoms with Gasteiger partial charge in [0.05, 0.1) is 11.9 Å². The maximum Gasteiger partial charge on any atom is 0.147 e. The molecule has 0 aliphatic heterocycles. The maximum atomic E-state index is 4.69. The summed E-state index contributed by atoms with van der Waals surface area (Å²) < 4.78 is 0. The molecule has 1 rings (SSSR count). The van der Waals surface area contributed by atoms with Crippen molar-refractivity contribution in [2.24, 2.45) is 0 Å². The zero-order valence-corrected chi connectivity index (χ0v) is 13.4. The van der Waals surface area contributed by atoms with Gasteiger partial charge in [-0.25, -0.2) is 4.98 Å². The van der Waals surface area contributed by atoms with E-state index in [1.165, 1.54) is 0 Å². The first-order chi connectivity index (χ1) is 8.65. The Morgan fingerprint density at radius 2 is 1.79 bits per heavy atom. The van der Waals surface area contributed by atoms with Crippen LogP contribution < -0.4 is 10.2 Å². The predicted molar refractivity (Wildman–Crippen MR) is 81.4 cm³/mol. The van der Waals surface area contributed by atoms with Crippen LogP contribution in [-0.2, 0) is 6.54 Å². The minimum atomic E-state index is 0.0881. The van der Waals surface area contributed by atoms with Crippen molar-refractivity contribution in [1.29, 1.82) is 0 Å². The molecule has 4 heteroatoms. The lowest BCUT2D eigenvalue weighted by atomic mass is 10.0. The van der Waals surface area contributed by atoms with Crippen molar-refractivity contribution in [2.75, 3.05) is 11.9 Å². The molecule has 0 aromatic carbocycles. The molecular formula is C15H28N4. The molecule has 0 bridgehead atoms. The van der Waals surface area contributed by atoms with Crippen molar-refractivity contribution in [1.82, 2.24) is 15.3 Å². The SMILES string of the molecule is CCC(C)(C)N(C)c1cncc(CNC(C)(C)C)n1. The number of hydrogen-bond donors (Lipinski definition) is 1. The molecule has 1 N–H and O–H groups in total. The molecule has 0 saturated carbocycles. The highest BCUT2D eigenvalue weighted by molar-refractivity contribution is 5.38. The summed E-state index contributed by atoms with van der Waals surface area (Å²) in [7, 11) is 2.08. The third-order valence-corrected chi connectivity index (χ3v) is 3.59. The van der Waals surface area contributed by atoms with Crippen LogP contribution >= 0.6 is 0 Å². The van der Waals surface area contributed by atoms with E-state index in [0.29, 0.717) is 0 Å². The summed E-state index contributed by atoms with van der Waals surface area (Å²) in [5.41, 5.74) is 1.16. The minimum Gasteiger partial charge on any atom is -0.353 e. The van der Waals surface area contributed by atoms with Gasteiger partial charge >= 0.3 is 0 Å². The summed E-state index contributed by atoms with van der Waals surface area (Å²) in [6.07, 6.45) is 4.72. The Morgan fingerprint density at radius 1 is 1.16 bits per heavy atom. The van der Waals surface area contributed by atoms with Gasteiger partial charge in [-0.3, -0.25) is 4.98 Å². The van der Waals surface area contributed by atoms with Crippen LogP contribution in [-0.4, -0.2) is 28.1 Å². The van der Waals surface area contributed by atoms with Crippen LogP contribution in [0.25, 0.3) is 0 Å². The lowest BCUT2D eigenvalue weighted by molar-refractivity contribution is 0.420. The fourth-order valence-electron chi connectivity index (χ4n) is 1.54. The van der Waals surface area contributed by atoms with E-state index in [2.05, 4.69) is 63.8 Å². The van der Waals surface area contributed by atoms with E-state index in [1.807, 2.05) is 12.4 Å². The lowest BCUT2D eigenvalue weighted by Gasteiger charge is -2.35. The van der Waals surface area contributed by atoms with Crippen molar-refractivity contribution >= 4 is 5.82 Å². The smallest absolute Gasteiger partial charge is 0.147 e. The highest BCUT2D eigenvalue weighted by Crippen LogP contribution is 2.22. The quantitative estimate of drug-likeness (QED) is 0.887. The second-order valence-corrected chi connectivity index (χ2v) is 6.70. The van der Waals surface area contributed by atoms with Crippen molar-refractivity contribution in [3.63, 3.8) is 0 Å². The Labute approximate surface area is 117 Å². The molecule has 1 heterocycles. The number of rotatable bonds is 5. The van der Waals surface area contributed by atoms with E-state index in [1.54, 1.807) is 0 Å². The molecule has 0 unspecified atom stereocenters. The Balaban J connectivity index is 2.83. The summed E-state index contributed by atoms with van der Waals surface area (Å²) in [6, 6.07) is 0. The van der Waals surface area contributed by atoms with E-state index in [9.17, 15) is 0 Å². The summed E-state index contributed by atoms with van der Waals surface area (Å²) in [5, 5.41) is 3.44. The number of anilines is 1. The summed E-state index contributed by atoms with van der Waals surface area (Å²) in [6.45, 7) is 13.8. The van der Waals surface area contributed by atoms with Gasteiger partial charge in [0, 0.05) is 30.9 Å². The summed E-state index contributed by atoms with van der Waals surface area (Å²) in [5.74, 6) is 0.931. The average molecular weight is 264 g/mol. The third kappa shape index (κ3) is 4.78. The second-order valence-electron chi connectivity index (χ2n) is 6.70. The first-order valence-corrected chi connectivity index (χ1v) is 6.95. The second kappa shape index (κ2) is 5.87. The van der Waals surface area contributed by atoms with Gasteiger partial charge in [-0.15, -0.1) is 0 Å². The maximum absolute atomic E-state index is 4.69. The normalized spacial score (nSPS) is 12.6. The summed E-state index contributed by atoms with van der Waals surface area (Å²) >= 11 is 0. The number of aromatic nitrogens is 2. The van der Waals surface area contributed by atoms with E-state index in [4.69, 9.17) is 4.98 Å². The Hall–Kier alpha value is -1.16. The van der Waals surface area contributed by atoms with Crippen molar-refractivity contribution in [2.45, 2.75) is 65.6 Å². The monoisotopic (exact) mass is 264 g/mol. The molecule has 0 fully saturated rings. The number of nitrogens with zero attached hydrogens (tertiary/aromatic N) is 3. The van der Waals surface area contributed by atoms with Crippen LogP contribution in [0.5, 0.6) is 0 Å². The zero-order chi connectivity index (χ0) is 14.7. The van der Waals surface area contributed by atoms with Gasteiger partial charge in [-0.2, -0.15) is 0 Å². The molecular weight excluding hydrogens is 236 g/mol. The van der Waals surface area contributed by atoms with Crippen molar-refractivity contribution < 1.29 is 0 Å². The molecule has 0 atom stereocenters. The molecule has 0 radical (unpaired) electrons. The van der Waals surface area contributed by atoms with Crippen LogP contribution in [0.2, 0.25) is 0 Å². The predicted octanol–water partition coefficient (Wildman–Crippen LogP) is 2.99. The average Bonchev–Trinajstić information content (AvgIpc) is 2.35. The summed E-state index contributed by atoms with van der Waals surface area (Å²) in [4.78, 5) is 11.2. The molecule has 1 aromatic rings. The van der Waals surface area contributed by atoms with Gasteiger partial charge in [0.2, 0.25) is 0 Å². The van der Waals surface area contributed by atoms with Crippen molar-refractivity contribution in [3.8, 4) is 0 Å². The molecule has 108 valence electrons. The molecule has 0 saturated heterocycles. The third-order valence-electron chi connectivity index (χ3n) is 3.59. The minimum absolute atomic E-state index is 0.0881. The van der Waals surface area contributed by atoms with Crippen LogP contribution in [0.15, 0.2) is 12.4 Å². The van der Waals surface area contributed by atoms with Crippen LogP contribution in [0, 0.1) is 0 Å². The van der Waals surface area contributed by atoms with Gasteiger partial charge in [0.1, 0.15) is 5.82 Å². The Morgan fingerprint density at radius 3 is 2.32 bits per heavy atom. The number of nitrogens with one attached hydrogen (secondary N) is 1. The van der Waals surface area contributed by atoms with E-state index < -0.39 is 0 Å². The van der Waals surface area contributed by atoms with E-state index >= 15 is 0 Å². The van der Waals surface area contributed by atoms with Crippen LogP contribution in [0.1, 0.15) is 53.7 Å². The molecule has 0 aliphatic carbocycles. The zero-order valence-electron chi connectivity index (χ0n) is 13.4. The molecule has 0 amide bonds. The van der Waals surface area contributed by atoms with Crippen LogP contribution in [0.3, 0.4) is 0 Å². The first kappa shape index (κ1) is 15.9. The van der Waals surface area contributed by atoms with Gasteiger partial charge in [-0.05, 0) is 41.0 Å². The first-order valence-electron chi connectivity index (χ1n) is 6.95. The van der Waals surface area contributed by atoms with Gasteiger partial charge in [0.15, 0.2) is 0 Å². The Kier molecular flexibility index (Phi) is 4.91. The molecule has 4 nitrogen and oxygen atoms in total. The standard InChI is InChI=1S/C15H28N4/c1-8-15(5,6)19(7)13-11-16-9-12(18-13)10-17-14(2,3)4/h9,11,17H,8,10H2,1-7H3. The topological polar surface area (TPSA) is 41.1 Å². The fourth-order valence-corrected chi connectivity index (χ4v) is 1.54.